The molecule has 6 heteroatoms. The van der Waals surface area contributed by atoms with Gasteiger partial charge in [-0.05, 0) is 31.0 Å². The van der Waals surface area contributed by atoms with Gasteiger partial charge in [-0.2, -0.15) is 0 Å². The Bertz CT molecular complexity index is 791. The van der Waals surface area contributed by atoms with E-state index in [0.717, 1.165) is 12.0 Å². The fraction of sp³-hybridized carbons (Fsp3) is 0.364. The Morgan fingerprint density at radius 3 is 2.32 bits per heavy atom. The lowest BCUT2D eigenvalue weighted by Crippen LogP contribution is -2.38. The highest BCUT2D eigenvalue weighted by Gasteiger charge is 2.23. The summed E-state index contributed by atoms with van der Waals surface area (Å²) < 4.78 is 15.8. The summed E-state index contributed by atoms with van der Waals surface area (Å²) in [7, 11) is 2.93. The highest BCUT2D eigenvalue weighted by Crippen LogP contribution is 2.31. The molecule has 0 unspecified atom stereocenters. The lowest BCUT2D eigenvalue weighted by atomic mass is 9.96. The zero-order valence-electron chi connectivity index (χ0n) is 16.7. The molecular formula is C22H27NO5. The molecule has 2 aromatic rings. The third-order valence-electron chi connectivity index (χ3n) is 4.56. The van der Waals surface area contributed by atoms with Crippen LogP contribution in [0.5, 0.6) is 11.5 Å². The molecule has 0 aliphatic carbocycles. The van der Waals surface area contributed by atoms with Crippen molar-refractivity contribution >= 4 is 11.9 Å². The maximum Gasteiger partial charge on any atom is 0.342 e. The Kier molecular flexibility index (Phi) is 7.87. The summed E-state index contributed by atoms with van der Waals surface area (Å²) in [5, 5.41) is 2.87. The van der Waals surface area contributed by atoms with E-state index in [4.69, 9.17) is 14.2 Å². The van der Waals surface area contributed by atoms with Crippen molar-refractivity contribution in [3.05, 3.63) is 59.7 Å². The minimum atomic E-state index is -0.934. The Morgan fingerprint density at radius 1 is 1.00 bits per heavy atom. The Morgan fingerprint density at radius 2 is 1.71 bits per heavy atom. The average Bonchev–Trinajstić information content (AvgIpc) is 2.73. The molecule has 0 radical (unpaired) electrons. The highest BCUT2D eigenvalue weighted by atomic mass is 16.6. The summed E-state index contributed by atoms with van der Waals surface area (Å²) in [6.07, 6.45) is -0.0453. The number of methoxy groups -OCH3 is 2. The summed E-state index contributed by atoms with van der Waals surface area (Å²) in [4.78, 5) is 24.9. The number of hydrogen-bond donors (Lipinski definition) is 1. The van der Waals surface area contributed by atoms with E-state index in [9.17, 15) is 9.59 Å². The zero-order chi connectivity index (χ0) is 20.5. The first kappa shape index (κ1) is 21.3. The average molecular weight is 385 g/mol. The van der Waals surface area contributed by atoms with Crippen molar-refractivity contribution in [2.24, 2.45) is 0 Å². The van der Waals surface area contributed by atoms with E-state index in [0.29, 0.717) is 12.3 Å². The third kappa shape index (κ3) is 5.25. The molecule has 2 atom stereocenters. The molecule has 1 N–H and O–H groups in total. The standard InChI is InChI=1S/C22H27NO5/c1-5-16(17-10-7-6-8-11-17)14-23-21(24)15(2)28-22(25)18-12-9-13-19(26-3)20(18)27-4/h6-13,15-16H,5,14H2,1-4H3,(H,23,24)/t15-,16+/m1/s1. The van der Waals surface area contributed by atoms with Crippen LogP contribution in [0.1, 0.15) is 42.1 Å². The molecule has 0 aromatic heterocycles. The molecule has 0 saturated carbocycles. The molecule has 0 heterocycles. The first-order valence-electron chi connectivity index (χ1n) is 9.26. The van der Waals surface area contributed by atoms with Gasteiger partial charge in [0.1, 0.15) is 5.56 Å². The van der Waals surface area contributed by atoms with Crippen molar-refractivity contribution in [3.8, 4) is 11.5 Å². The lowest BCUT2D eigenvalue weighted by Gasteiger charge is -2.19. The second kappa shape index (κ2) is 10.3. The molecule has 6 nitrogen and oxygen atoms in total. The van der Waals surface area contributed by atoms with Gasteiger partial charge in [0.2, 0.25) is 0 Å². The van der Waals surface area contributed by atoms with Gasteiger partial charge < -0.3 is 19.5 Å². The maximum absolute atomic E-state index is 12.5. The first-order chi connectivity index (χ1) is 13.5. The van der Waals surface area contributed by atoms with Gasteiger partial charge >= 0.3 is 5.97 Å². The van der Waals surface area contributed by atoms with Gasteiger partial charge in [0.25, 0.3) is 5.91 Å². The normalized spacial score (nSPS) is 12.6. The number of esters is 1. The number of carbonyl (C=O) groups excluding carboxylic acids is 2. The zero-order valence-corrected chi connectivity index (χ0v) is 16.7. The van der Waals surface area contributed by atoms with Gasteiger partial charge in [-0.15, -0.1) is 0 Å². The molecule has 0 bridgehead atoms. The van der Waals surface area contributed by atoms with Crippen molar-refractivity contribution in [2.75, 3.05) is 20.8 Å². The van der Waals surface area contributed by atoms with E-state index in [1.165, 1.54) is 14.2 Å². The van der Waals surface area contributed by atoms with Crippen LogP contribution < -0.4 is 14.8 Å². The smallest absolute Gasteiger partial charge is 0.342 e. The lowest BCUT2D eigenvalue weighted by molar-refractivity contribution is -0.129. The van der Waals surface area contributed by atoms with Crippen molar-refractivity contribution in [1.82, 2.24) is 5.32 Å². The van der Waals surface area contributed by atoms with Crippen LogP contribution in [-0.4, -0.2) is 38.7 Å². The molecule has 0 saturated heterocycles. The molecule has 2 aromatic carbocycles. The SMILES string of the molecule is CC[C@@H](CNC(=O)[C@@H](C)OC(=O)c1cccc(OC)c1OC)c1ccccc1. The Balaban J connectivity index is 1.98. The fourth-order valence-corrected chi connectivity index (χ4v) is 2.92. The summed E-state index contributed by atoms with van der Waals surface area (Å²) in [5.41, 5.74) is 1.37. The van der Waals surface area contributed by atoms with E-state index in [2.05, 4.69) is 12.2 Å². The second-order valence-electron chi connectivity index (χ2n) is 6.35. The largest absolute Gasteiger partial charge is 0.493 e. The van der Waals surface area contributed by atoms with Gasteiger partial charge in [-0.3, -0.25) is 4.79 Å². The highest BCUT2D eigenvalue weighted by molar-refractivity contribution is 5.95. The van der Waals surface area contributed by atoms with E-state index in [1.807, 2.05) is 30.3 Å². The fourth-order valence-electron chi connectivity index (χ4n) is 2.92. The van der Waals surface area contributed by atoms with E-state index in [1.54, 1.807) is 25.1 Å². The molecule has 0 spiro atoms. The van der Waals surface area contributed by atoms with Gasteiger partial charge in [0.05, 0.1) is 14.2 Å². The minimum absolute atomic E-state index is 0.200. The topological polar surface area (TPSA) is 73.9 Å². The van der Waals surface area contributed by atoms with Crippen molar-refractivity contribution in [3.63, 3.8) is 0 Å². The van der Waals surface area contributed by atoms with E-state index < -0.39 is 12.1 Å². The van der Waals surface area contributed by atoms with Crippen LogP contribution in [0.4, 0.5) is 0 Å². The molecule has 150 valence electrons. The number of rotatable bonds is 9. The number of hydrogen-bond acceptors (Lipinski definition) is 5. The monoisotopic (exact) mass is 385 g/mol. The number of para-hydroxylation sites is 1. The molecule has 0 aliphatic rings. The number of nitrogens with one attached hydrogen (secondary N) is 1. The molecule has 2 rings (SSSR count). The summed E-state index contributed by atoms with van der Waals surface area (Å²) in [6, 6.07) is 14.9. The van der Waals surface area contributed by atoms with Crippen LogP contribution in [0.15, 0.2) is 48.5 Å². The second-order valence-corrected chi connectivity index (χ2v) is 6.35. The molecule has 1 amide bonds. The summed E-state index contributed by atoms with van der Waals surface area (Å²) in [6.45, 7) is 4.09. The van der Waals surface area contributed by atoms with Crippen LogP contribution >= 0.6 is 0 Å². The number of benzene rings is 2. The molecule has 0 aliphatic heterocycles. The molecule has 0 fully saturated rings. The summed E-state index contributed by atoms with van der Waals surface area (Å²) >= 11 is 0. The van der Waals surface area contributed by atoms with Crippen molar-refractivity contribution < 1.29 is 23.8 Å². The van der Waals surface area contributed by atoms with Crippen molar-refractivity contribution in [1.29, 1.82) is 0 Å². The number of amides is 1. The quantitative estimate of drug-likeness (QED) is 0.668. The Labute approximate surface area is 165 Å². The van der Waals surface area contributed by atoms with Crippen LogP contribution in [0.25, 0.3) is 0 Å². The van der Waals surface area contributed by atoms with Gasteiger partial charge in [0, 0.05) is 12.5 Å². The van der Waals surface area contributed by atoms with Crippen LogP contribution in [0, 0.1) is 0 Å². The summed E-state index contributed by atoms with van der Waals surface area (Å²) in [5.74, 6) is -0.0925. The molecule has 28 heavy (non-hydrogen) atoms. The maximum atomic E-state index is 12.5. The Hall–Kier alpha value is -3.02. The third-order valence-corrected chi connectivity index (χ3v) is 4.56. The van der Waals surface area contributed by atoms with Crippen LogP contribution in [-0.2, 0) is 9.53 Å². The van der Waals surface area contributed by atoms with Gasteiger partial charge in [-0.1, -0.05) is 43.3 Å². The first-order valence-corrected chi connectivity index (χ1v) is 9.26. The molecular weight excluding hydrogens is 358 g/mol. The predicted octanol–water partition coefficient (Wildman–Crippen LogP) is 3.56. The minimum Gasteiger partial charge on any atom is -0.493 e. The van der Waals surface area contributed by atoms with Crippen LogP contribution in [0.2, 0.25) is 0 Å². The van der Waals surface area contributed by atoms with Gasteiger partial charge in [0.15, 0.2) is 17.6 Å². The van der Waals surface area contributed by atoms with E-state index in [-0.39, 0.29) is 23.1 Å². The van der Waals surface area contributed by atoms with Crippen LogP contribution in [0.3, 0.4) is 0 Å². The predicted molar refractivity (Wildman–Crippen MR) is 107 cm³/mol. The number of ether oxygens (including phenoxy) is 3. The number of carbonyl (C=O) groups is 2. The van der Waals surface area contributed by atoms with E-state index >= 15 is 0 Å². The van der Waals surface area contributed by atoms with Crippen molar-refractivity contribution in [2.45, 2.75) is 32.3 Å². The van der Waals surface area contributed by atoms with Gasteiger partial charge in [-0.25, -0.2) is 4.79 Å².